The molecule has 1 heterocycles. The van der Waals surface area contributed by atoms with Gasteiger partial charge in [0.1, 0.15) is 0 Å². The molecule has 3 heteroatoms. The Morgan fingerprint density at radius 3 is 2.42 bits per heavy atom. The summed E-state index contributed by atoms with van der Waals surface area (Å²) < 4.78 is 0. The van der Waals surface area contributed by atoms with E-state index in [1.807, 2.05) is 13.8 Å². The molecule has 1 aromatic heterocycles. The molecule has 0 amide bonds. The predicted octanol–water partition coefficient (Wildman–Crippen LogP) is 3.51. The summed E-state index contributed by atoms with van der Waals surface area (Å²) in [6.45, 7) is 4.06. The van der Waals surface area contributed by atoms with E-state index < -0.39 is 0 Å². The molecule has 0 bridgehead atoms. The van der Waals surface area contributed by atoms with E-state index in [4.69, 9.17) is 23.2 Å². The second kappa shape index (κ2) is 4.11. The van der Waals surface area contributed by atoms with Gasteiger partial charge >= 0.3 is 0 Å². The van der Waals surface area contributed by atoms with Crippen molar-refractivity contribution in [2.45, 2.75) is 26.7 Å². The highest BCUT2D eigenvalue weighted by molar-refractivity contribution is 6.36. The molecule has 12 heavy (non-hydrogen) atoms. The van der Waals surface area contributed by atoms with Crippen LogP contribution in [0.15, 0.2) is 6.20 Å². The third-order valence-electron chi connectivity index (χ3n) is 1.83. The summed E-state index contributed by atoms with van der Waals surface area (Å²) >= 11 is 12.0. The van der Waals surface area contributed by atoms with Gasteiger partial charge in [-0.3, -0.25) is 4.98 Å². The number of aromatic nitrogens is 1. The van der Waals surface area contributed by atoms with Crippen LogP contribution in [0.2, 0.25) is 10.0 Å². The molecule has 0 saturated carbocycles. The van der Waals surface area contributed by atoms with Gasteiger partial charge in [0.15, 0.2) is 0 Å². The molecular formula is C9H11Cl2N. The van der Waals surface area contributed by atoms with E-state index in [1.54, 1.807) is 6.20 Å². The maximum Gasteiger partial charge on any atom is 0.0668 e. The highest BCUT2D eigenvalue weighted by atomic mass is 35.5. The summed E-state index contributed by atoms with van der Waals surface area (Å²) in [5.41, 5.74) is 1.93. The van der Waals surface area contributed by atoms with Gasteiger partial charge < -0.3 is 0 Å². The lowest BCUT2D eigenvalue weighted by molar-refractivity contribution is 1.01. The summed E-state index contributed by atoms with van der Waals surface area (Å²) in [6, 6.07) is 0. The van der Waals surface area contributed by atoms with E-state index in [1.165, 1.54) is 0 Å². The average molecular weight is 204 g/mol. The molecule has 66 valence electrons. The minimum atomic E-state index is 0.666. The largest absolute Gasteiger partial charge is 0.258 e. The van der Waals surface area contributed by atoms with Crippen LogP contribution in [-0.2, 0) is 12.8 Å². The maximum atomic E-state index is 6.07. The van der Waals surface area contributed by atoms with Gasteiger partial charge in [-0.15, -0.1) is 0 Å². The number of rotatable bonds is 2. The van der Waals surface area contributed by atoms with Crippen molar-refractivity contribution in [3.63, 3.8) is 0 Å². The minimum absolute atomic E-state index is 0.666. The van der Waals surface area contributed by atoms with Crippen molar-refractivity contribution in [3.8, 4) is 0 Å². The molecule has 0 atom stereocenters. The molecule has 0 unspecified atom stereocenters. The zero-order valence-electron chi connectivity index (χ0n) is 7.19. The number of hydrogen-bond donors (Lipinski definition) is 0. The van der Waals surface area contributed by atoms with Crippen LogP contribution in [0.3, 0.4) is 0 Å². The van der Waals surface area contributed by atoms with Crippen LogP contribution >= 0.6 is 23.2 Å². The summed E-state index contributed by atoms with van der Waals surface area (Å²) in [5.74, 6) is 0. The Morgan fingerprint density at radius 2 is 1.92 bits per heavy atom. The zero-order chi connectivity index (χ0) is 9.14. The Balaban J connectivity index is 3.24. The van der Waals surface area contributed by atoms with Crippen molar-refractivity contribution in [2.75, 3.05) is 0 Å². The van der Waals surface area contributed by atoms with Crippen molar-refractivity contribution in [1.29, 1.82) is 0 Å². The first-order valence-electron chi connectivity index (χ1n) is 4.02. The zero-order valence-corrected chi connectivity index (χ0v) is 8.71. The first kappa shape index (κ1) is 9.82. The molecule has 0 aliphatic rings. The molecular weight excluding hydrogens is 193 g/mol. The number of nitrogens with zero attached hydrogens (tertiary/aromatic N) is 1. The lowest BCUT2D eigenvalue weighted by Gasteiger charge is -2.06. The van der Waals surface area contributed by atoms with Crippen molar-refractivity contribution in [2.24, 2.45) is 0 Å². The molecule has 1 rings (SSSR count). The minimum Gasteiger partial charge on any atom is -0.258 e. The third kappa shape index (κ3) is 1.73. The number of hydrogen-bond acceptors (Lipinski definition) is 1. The Bertz CT molecular complexity index is 284. The Morgan fingerprint density at radius 1 is 1.25 bits per heavy atom. The lowest BCUT2D eigenvalue weighted by atomic mass is 10.1. The van der Waals surface area contributed by atoms with Gasteiger partial charge in [0.2, 0.25) is 0 Å². The number of halogens is 2. The molecule has 0 fully saturated rings. The van der Waals surface area contributed by atoms with E-state index >= 15 is 0 Å². The highest BCUT2D eigenvalue weighted by Crippen LogP contribution is 2.26. The van der Waals surface area contributed by atoms with E-state index in [0.29, 0.717) is 5.02 Å². The molecule has 0 aromatic carbocycles. The number of aryl methyl sites for hydroxylation is 1. The molecule has 1 aromatic rings. The first-order chi connectivity index (χ1) is 5.70. The van der Waals surface area contributed by atoms with Crippen molar-refractivity contribution >= 4 is 23.2 Å². The summed E-state index contributed by atoms with van der Waals surface area (Å²) in [6.07, 6.45) is 3.38. The summed E-state index contributed by atoms with van der Waals surface area (Å²) in [7, 11) is 0. The normalized spacial score (nSPS) is 10.3. The fourth-order valence-corrected chi connectivity index (χ4v) is 1.86. The van der Waals surface area contributed by atoms with E-state index in [-0.39, 0.29) is 0 Å². The Kier molecular flexibility index (Phi) is 3.36. The predicted molar refractivity (Wildman–Crippen MR) is 53.0 cm³/mol. The topological polar surface area (TPSA) is 12.9 Å². The fourth-order valence-electron chi connectivity index (χ4n) is 1.12. The maximum absolute atomic E-state index is 6.07. The van der Waals surface area contributed by atoms with Gasteiger partial charge in [-0.1, -0.05) is 37.0 Å². The van der Waals surface area contributed by atoms with Gasteiger partial charge in [0.05, 0.1) is 15.7 Å². The van der Waals surface area contributed by atoms with Gasteiger partial charge in [0, 0.05) is 6.20 Å². The van der Waals surface area contributed by atoms with Gasteiger partial charge in [-0.2, -0.15) is 0 Å². The van der Waals surface area contributed by atoms with E-state index in [9.17, 15) is 0 Å². The van der Waals surface area contributed by atoms with Crippen LogP contribution in [0.5, 0.6) is 0 Å². The smallest absolute Gasteiger partial charge is 0.0668 e. The van der Waals surface area contributed by atoms with Gasteiger partial charge in [0.25, 0.3) is 0 Å². The van der Waals surface area contributed by atoms with Gasteiger partial charge in [-0.25, -0.2) is 0 Å². The van der Waals surface area contributed by atoms with Crippen molar-refractivity contribution < 1.29 is 0 Å². The lowest BCUT2D eigenvalue weighted by Crippen LogP contribution is -1.94. The standard InChI is InChI=1S/C9H11Cl2N/c1-3-6-7(10)5-12-8(4-2)9(6)11/h5H,3-4H2,1-2H3. The van der Waals surface area contributed by atoms with Crippen molar-refractivity contribution in [1.82, 2.24) is 4.98 Å². The average Bonchev–Trinajstić information content (AvgIpc) is 2.06. The highest BCUT2D eigenvalue weighted by Gasteiger charge is 2.08. The quantitative estimate of drug-likeness (QED) is 0.718. The van der Waals surface area contributed by atoms with Crippen molar-refractivity contribution in [3.05, 3.63) is 27.5 Å². The molecule has 0 saturated heterocycles. The van der Waals surface area contributed by atoms with Crippen LogP contribution in [0.1, 0.15) is 25.1 Å². The molecule has 0 aliphatic heterocycles. The SMILES string of the molecule is CCc1ncc(Cl)c(CC)c1Cl. The first-order valence-corrected chi connectivity index (χ1v) is 4.78. The molecule has 0 spiro atoms. The Hall–Kier alpha value is -0.270. The van der Waals surface area contributed by atoms with E-state index in [2.05, 4.69) is 4.98 Å². The molecule has 1 nitrogen and oxygen atoms in total. The second-order valence-corrected chi connectivity index (χ2v) is 3.34. The third-order valence-corrected chi connectivity index (χ3v) is 2.60. The molecule has 0 radical (unpaired) electrons. The van der Waals surface area contributed by atoms with Crippen LogP contribution in [0, 0.1) is 0 Å². The fraction of sp³-hybridized carbons (Fsp3) is 0.444. The van der Waals surface area contributed by atoms with Crippen LogP contribution in [0.4, 0.5) is 0 Å². The molecule has 0 aliphatic carbocycles. The number of pyridine rings is 1. The Labute approximate surface area is 82.7 Å². The monoisotopic (exact) mass is 203 g/mol. The summed E-state index contributed by atoms with van der Waals surface area (Å²) in [5, 5.41) is 1.40. The molecule has 0 N–H and O–H groups in total. The van der Waals surface area contributed by atoms with Crippen LogP contribution in [-0.4, -0.2) is 4.98 Å². The second-order valence-electron chi connectivity index (χ2n) is 2.55. The van der Waals surface area contributed by atoms with E-state index in [0.717, 1.165) is 29.1 Å². The summed E-state index contributed by atoms with van der Waals surface area (Å²) in [4.78, 5) is 4.14. The van der Waals surface area contributed by atoms with Gasteiger partial charge in [-0.05, 0) is 18.4 Å². The van der Waals surface area contributed by atoms with Crippen LogP contribution in [0.25, 0.3) is 0 Å². The van der Waals surface area contributed by atoms with Crippen LogP contribution < -0.4 is 0 Å².